The Kier molecular flexibility index (Phi) is 43.6. The van der Waals surface area contributed by atoms with Gasteiger partial charge in [-0.2, -0.15) is 0 Å². The van der Waals surface area contributed by atoms with Gasteiger partial charge in [0.2, 0.25) is 0 Å². The summed E-state index contributed by atoms with van der Waals surface area (Å²) in [6.07, 6.45) is 58.5. The number of esters is 3. The van der Waals surface area contributed by atoms with Crippen molar-refractivity contribution in [2.45, 2.75) is 213 Å². The van der Waals surface area contributed by atoms with E-state index in [-0.39, 0.29) is 37.5 Å². The first kappa shape index (κ1) is 54.6. The smallest absolute Gasteiger partial charge is 0.306 e. The van der Waals surface area contributed by atoms with Crippen LogP contribution in [0, 0.1) is 0 Å². The predicted molar refractivity (Wildman–Crippen MR) is 247 cm³/mol. The van der Waals surface area contributed by atoms with Gasteiger partial charge in [-0.25, -0.2) is 0 Å². The van der Waals surface area contributed by atoms with Crippen LogP contribution in [0.4, 0.5) is 0 Å². The molecule has 6 nitrogen and oxygen atoms in total. The van der Waals surface area contributed by atoms with Gasteiger partial charge in [-0.15, -0.1) is 0 Å². The molecule has 0 fully saturated rings. The largest absolute Gasteiger partial charge is 0.462 e. The first-order chi connectivity index (χ1) is 28.5. The second-order valence-corrected chi connectivity index (χ2v) is 15.3. The zero-order chi connectivity index (χ0) is 42.3. The normalized spacial score (nSPS) is 12.8. The van der Waals surface area contributed by atoms with Crippen molar-refractivity contribution in [1.82, 2.24) is 0 Å². The van der Waals surface area contributed by atoms with Gasteiger partial charge in [-0.3, -0.25) is 14.4 Å². The van der Waals surface area contributed by atoms with Gasteiger partial charge in [0.1, 0.15) is 13.2 Å². The van der Waals surface area contributed by atoms with E-state index in [9.17, 15) is 14.4 Å². The predicted octanol–water partition coefficient (Wildman–Crippen LogP) is 15.3. The van der Waals surface area contributed by atoms with Crippen LogP contribution >= 0.6 is 0 Å². The van der Waals surface area contributed by atoms with E-state index in [1.54, 1.807) is 0 Å². The average Bonchev–Trinajstić information content (AvgIpc) is 3.22. The van der Waals surface area contributed by atoms with Crippen LogP contribution < -0.4 is 0 Å². The molecular weight excluding hydrogens is 721 g/mol. The van der Waals surface area contributed by atoms with Crippen LogP contribution in [0.15, 0.2) is 85.1 Å². The average molecular weight is 807 g/mol. The lowest BCUT2D eigenvalue weighted by atomic mass is 10.1. The topological polar surface area (TPSA) is 78.9 Å². The molecule has 6 heteroatoms. The zero-order valence-electron chi connectivity index (χ0n) is 37.5. The Morgan fingerprint density at radius 2 is 0.759 bits per heavy atom. The number of hydrogen-bond donors (Lipinski definition) is 0. The standard InChI is InChI=1S/C52H86O6/c1-4-7-10-13-16-19-22-24-25-26-27-29-30-33-36-39-42-45-51(54)57-48-49(47-56-50(53)44-41-38-35-32-21-18-15-12-9-6-3)58-52(55)46-43-40-37-34-31-28-23-20-17-14-11-8-5-2/h8,11,14,16-17,19-20,23-25,27,29,33,36,49H,4-7,9-10,12-13,15,18,21-22,26,28,30-32,34-35,37-48H2,1-3H3/b11-8-,17-14-,19-16-,23-20-,25-24-,29-27-,36-33-. The molecule has 0 saturated heterocycles. The summed E-state index contributed by atoms with van der Waals surface area (Å²) in [5.74, 6) is -0.989. The summed E-state index contributed by atoms with van der Waals surface area (Å²) in [5.41, 5.74) is 0. The second-order valence-electron chi connectivity index (χ2n) is 15.3. The van der Waals surface area contributed by atoms with Crippen molar-refractivity contribution in [3.8, 4) is 0 Å². The van der Waals surface area contributed by atoms with Crippen LogP contribution in [-0.4, -0.2) is 37.2 Å². The Morgan fingerprint density at radius 3 is 1.29 bits per heavy atom. The van der Waals surface area contributed by atoms with E-state index in [4.69, 9.17) is 14.2 Å². The van der Waals surface area contributed by atoms with Crippen LogP contribution in [0.3, 0.4) is 0 Å². The van der Waals surface area contributed by atoms with E-state index in [0.717, 1.165) is 89.9 Å². The molecule has 58 heavy (non-hydrogen) atoms. The number of carbonyl (C=O) groups is 3. The molecule has 0 aliphatic carbocycles. The molecule has 0 saturated carbocycles. The number of carbonyl (C=O) groups excluding carboxylic acids is 3. The van der Waals surface area contributed by atoms with E-state index in [0.29, 0.717) is 19.3 Å². The molecule has 0 aliphatic rings. The van der Waals surface area contributed by atoms with Crippen molar-refractivity contribution in [2.24, 2.45) is 0 Å². The minimum atomic E-state index is -0.806. The van der Waals surface area contributed by atoms with Crippen molar-refractivity contribution in [1.29, 1.82) is 0 Å². The molecule has 330 valence electrons. The lowest BCUT2D eigenvalue weighted by Crippen LogP contribution is -2.30. The van der Waals surface area contributed by atoms with Crippen molar-refractivity contribution in [2.75, 3.05) is 13.2 Å². The Labute approximate surface area is 356 Å². The maximum atomic E-state index is 12.7. The molecule has 0 rings (SSSR count). The number of rotatable bonds is 41. The lowest BCUT2D eigenvalue weighted by Gasteiger charge is -2.18. The van der Waals surface area contributed by atoms with Gasteiger partial charge < -0.3 is 14.2 Å². The third-order valence-electron chi connectivity index (χ3n) is 9.70. The summed E-state index contributed by atoms with van der Waals surface area (Å²) in [6, 6.07) is 0. The monoisotopic (exact) mass is 807 g/mol. The third kappa shape index (κ3) is 43.7. The Bertz CT molecular complexity index is 1160. The fourth-order valence-corrected chi connectivity index (χ4v) is 6.14. The third-order valence-corrected chi connectivity index (χ3v) is 9.70. The minimum absolute atomic E-state index is 0.102. The quantitative estimate of drug-likeness (QED) is 0.0201. The Balaban J connectivity index is 4.49. The van der Waals surface area contributed by atoms with Crippen LogP contribution in [-0.2, 0) is 28.6 Å². The second kappa shape index (κ2) is 46.3. The van der Waals surface area contributed by atoms with E-state index in [1.165, 1.54) is 70.6 Å². The van der Waals surface area contributed by atoms with Crippen molar-refractivity contribution < 1.29 is 28.6 Å². The Morgan fingerprint density at radius 1 is 0.379 bits per heavy atom. The van der Waals surface area contributed by atoms with Gasteiger partial charge in [0.15, 0.2) is 6.10 Å². The highest BCUT2D eigenvalue weighted by atomic mass is 16.6. The van der Waals surface area contributed by atoms with Crippen LogP contribution in [0.2, 0.25) is 0 Å². The van der Waals surface area contributed by atoms with Gasteiger partial charge in [-0.05, 0) is 77.0 Å². The summed E-state index contributed by atoms with van der Waals surface area (Å²) < 4.78 is 16.7. The van der Waals surface area contributed by atoms with Gasteiger partial charge >= 0.3 is 17.9 Å². The highest BCUT2D eigenvalue weighted by molar-refractivity contribution is 5.71. The molecule has 0 N–H and O–H groups in total. The molecule has 0 radical (unpaired) electrons. The van der Waals surface area contributed by atoms with Crippen LogP contribution in [0.1, 0.15) is 207 Å². The molecule has 0 heterocycles. The summed E-state index contributed by atoms with van der Waals surface area (Å²) >= 11 is 0. The maximum Gasteiger partial charge on any atom is 0.306 e. The van der Waals surface area contributed by atoms with Gasteiger partial charge in [0.05, 0.1) is 0 Å². The van der Waals surface area contributed by atoms with E-state index >= 15 is 0 Å². The summed E-state index contributed by atoms with van der Waals surface area (Å²) in [6.45, 7) is 6.38. The first-order valence-electron chi connectivity index (χ1n) is 23.6. The number of unbranched alkanes of at least 4 members (excludes halogenated alkanes) is 18. The highest BCUT2D eigenvalue weighted by Gasteiger charge is 2.19. The van der Waals surface area contributed by atoms with Crippen LogP contribution in [0.25, 0.3) is 0 Å². The highest BCUT2D eigenvalue weighted by Crippen LogP contribution is 2.13. The van der Waals surface area contributed by atoms with Crippen molar-refractivity contribution in [3.63, 3.8) is 0 Å². The molecule has 0 bridgehead atoms. The molecule has 0 aromatic carbocycles. The maximum absolute atomic E-state index is 12.7. The molecule has 0 spiro atoms. The first-order valence-corrected chi connectivity index (χ1v) is 23.6. The zero-order valence-corrected chi connectivity index (χ0v) is 37.5. The molecule has 0 amide bonds. The molecular formula is C52H86O6. The summed E-state index contributed by atoms with van der Waals surface area (Å²) in [5, 5.41) is 0. The fraction of sp³-hybridized carbons (Fsp3) is 0.673. The van der Waals surface area contributed by atoms with Gasteiger partial charge in [0.25, 0.3) is 0 Å². The van der Waals surface area contributed by atoms with E-state index in [1.807, 2.05) is 6.08 Å². The number of allylic oxidation sites excluding steroid dienone is 14. The fourth-order valence-electron chi connectivity index (χ4n) is 6.14. The molecule has 0 aromatic heterocycles. The molecule has 0 aliphatic heterocycles. The Hall–Kier alpha value is -3.41. The molecule has 1 atom stereocenters. The van der Waals surface area contributed by atoms with E-state index < -0.39 is 6.10 Å². The van der Waals surface area contributed by atoms with Gasteiger partial charge in [-0.1, -0.05) is 196 Å². The van der Waals surface area contributed by atoms with Crippen LogP contribution in [0.5, 0.6) is 0 Å². The molecule has 0 aromatic rings. The van der Waals surface area contributed by atoms with E-state index in [2.05, 4.69) is 99.8 Å². The summed E-state index contributed by atoms with van der Waals surface area (Å²) in [4.78, 5) is 37.8. The SMILES string of the molecule is CC\C=C/C=C\C=C/CCCCCCCC(=O)OC(COC(=O)CCC/C=C\C/C=C\C/C=C\C/C=C\CCCCC)COC(=O)CCCCCCCCCCCC. The van der Waals surface area contributed by atoms with Crippen molar-refractivity contribution >= 4 is 17.9 Å². The van der Waals surface area contributed by atoms with Gasteiger partial charge in [0, 0.05) is 19.3 Å². The minimum Gasteiger partial charge on any atom is -0.462 e. The van der Waals surface area contributed by atoms with Crippen molar-refractivity contribution in [3.05, 3.63) is 85.1 Å². The number of hydrogen-bond acceptors (Lipinski definition) is 6. The lowest BCUT2D eigenvalue weighted by molar-refractivity contribution is -0.167. The summed E-state index contributed by atoms with van der Waals surface area (Å²) in [7, 11) is 0. The number of ether oxygens (including phenoxy) is 3. The molecule has 1 unspecified atom stereocenters.